The summed E-state index contributed by atoms with van der Waals surface area (Å²) in [6.45, 7) is 12.3. The van der Waals surface area contributed by atoms with Crippen molar-refractivity contribution in [2.24, 2.45) is 46.3 Å². The first-order valence-electron chi connectivity index (χ1n) is 14.3. The number of esters is 1. The monoisotopic (exact) mass is 508 g/mol. The smallest absolute Gasteiger partial charge is 0.346 e. The lowest BCUT2D eigenvalue weighted by Gasteiger charge is -2.52. The van der Waals surface area contributed by atoms with Crippen LogP contribution in [0, 0.1) is 46.3 Å². The van der Waals surface area contributed by atoms with Crippen LogP contribution in [0.15, 0.2) is 47.3 Å². The van der Waals surface area contributed by atoms with E-state index in [2.05, 4.69) is 51.2 Å². The number of ether oxygens (including phenoxy) is 1. The Bertz CT molecular complexity index is 1110. The molecule has 0 radical (unpaired) electrons. The second kappa shape index (κ2) is 8.97. The van der Waals surface area contributed by atoms with Gasteiger partial charge in [-0.3, -0.25) is 4.79 Å². The number of hydrogen-bond donors (Lipinski definition) is 2. The number of aliphatic hydroxyl groups excluding tert-OH is 2. The van der Waals surface area contributed by atoms with E-state index in [1.807, 2.05) is 13.8 Å². The van der Waals surface area contributed by atoms with Crippen LogP contribution in [0.2, 0.25) is 0 Å². The Morgan fingerprint density at radius 2 is 1.86 bits per heavy atom. The van der Waals surface area contributed by atoms with Gasteiger partial charge >= 0.3 is 5.97 Å². The fraction of sp³-hybridized carbons (Fsp3) is 0.688. The van der Waals surface area contributed by atoms with Crippen molar-refractivity contribution in [1.82, 2.24) is 0 Å². The highest BCUT2D eigenvalue weighted by Gasteiger charge is 2.66. The van der Waals surface area contributed by atoms with Crippen LogP contribution < -0.4 is 0 Å². The summed E-state index contributed by atoms with van der Waals surface area (Å²) in [7, 11) is 0. The Kier molecular flexibility index (Phi) is 6.41. The first-order chi connectivity index (χ1) is 17.3. The highest BCUT2D eigenvalue weighted by Crippen LogP contribution is 2.60. The molecule has 0 aromatic carbocycles. The normalized spacial score (nSPS) is 49.1. The second-order valence-electron chi connectivity index (χ2n) is 13.4. The first kappa shape index (κ1) is 26.5. The highest BCUT2D eigenvalue weighted by atomic mass is 16.6. The molecule has 2 fully saturated rings. The van der Waals surface area contributed by atoms with Crippen LogP contribution in [-0.4, -0.2) is 33.7 Å². The van der Waals surface area contributed by atoms with Crippen LogP contribution in [0.5, 0.6) is 0 Å². The molecule has 4 aliphatic carbocycles. The number of allylic oxidation sites excluding steroid dienone is 6. The van der Waals surface area contributed by atoms with Crippen molar-refractivity contribution in [3.8, 4) is 0 Å². The van der Waals surface area contributed by atoms with Gasteiger partial charge in [0.05, 0.1) is 6.10 Å². The number of carbonyl (C=O) groups excluding carboxylic acids is 2. The third kappa shape index (κ3) is 3.82. The van der Waals surface area contributed by atoms with Gasteiger partial charge in [-0.25, -0.2) is 4.79 Å². The maximum absolute atomic E-state index is 14.5. The third-order valence-corrected chi connectivity index (χ3v) is 10.8. The molecule has 1 heterocycles. The van der Waals surface area contributed by atoms with E-state index >= 15 is 0 Å². The molecule has 202 valence electrons. The maximum Gasteiger partial charge on any atom is 0.346 e. The summed E-state index contributed by atoms with van der Waals surface area (Å²) in [5, 5.41) is 22.3. The number of carbonyl (C=O) groups is 2. The lowest BCUT2D eigenvalue weighted by atomic mass is 9.52. The van der Waals surface area contributed by atoms with Crippen LogP contribution in [0.4, 0.5) is 0 Å². The van der Waals surface area contributed by atoms with E-state index < -0.39 is 28.5 Å². The molecule has 0 unspecified atom stereocenters. The topological polar surface area (TPSA) is 83.8 Å². The van der Waals surface area contributed by atoms with Crippen molar-refractivity contribution in [2.75, 3.05) is 0 Å². The number of hydrogen-bond acceptors (Lipinski definition) is 5. The molecule has 1 spiro atoms. The maximum atomic E-state index is 14.5. The Labute approximate surface area is 221 Å². The minimum Gasteiger partial charge on any atom is -0.511 e. The van der Waals surface area contributed by atoms with E-state index in [1.54, 1.807) is 6.92 Å². The average molecular weight is 509 g/mol. The summed E-state index contributed by atoms with van der Waals surface area (Å²) >= 11 is 0. The van der Waals surface area contributed by atoms with Gasteiger partial charge in [-0.05, 0) is 75.0 Å². The van der Waals surface area contributed by atoms with Gasteiger partial charge in [0.1, 0.15) is 11.3 Å². The number of rotatable bonds is 2. The molecule has 37 heavy (non-hydrogen) atoms. The summed E-state index contributed by atoms with van der Waals surface area (Å²) in [6, 6.07) is 0. The minimum absolute atomic E-state index is 0.0312. The molecule has 5 heteroatoms. The van der Waals surface area contributed by atoms with Crippen LogP contribution in [-0.2, 0) is 14.3 Å². The van der Waals surface area contributed by atoms with Crippen molar-refractivity contribution in [2.45, 2.75) is 91.8 Å². The highest BCUT2D eigenvalue weighted by molar-refractivity contribution is 6.26. The van der Waals surface area contributed by atoms with Crippen LogP contribution in [0.3, 0.4) is 0 Å². The van der Waals surface area contributed by atoms with Gasteiger partial charge < -0.3 is 14.9 Å². The first-order valence-corrected chi connectivity index (χ1v) is 14.3. The molecule has 0 aromatic heterocycles. The van der Waals surface area contributed by atoms with E-state index in [-0.39, 0.29) is 40.8 Å². The van der Waals surface area contributed by atoms with Crippen molar-refractivity contribution < 1.29 is 24.5 Å². The predicted octanol–water partition coefficient (Wildman–Crippen LogP) is 6.25. The van der Waals surface area contributed by atoms with Crippen LogP contribution in [0.25, 0.3) is 0 Å². The van der Waals surface area contributed by atoms with Gasteiger partial charge in [0.2, 0.25) is 5.78 Å². The largest absolute Gasteiger partial charge is 0.511 e. The SMILES string of the molecule is CC1=C[C@@]2(C)C/C=C\[C@@H](C)[C@@H]3C=C[C@@H]4C[C@@H](C)CC[C@H]4[C@]3(C)/C(O)=C3\C(=O)O[C@]2(C[C@H]1C[C@@H](C)O)C3=O. The van der Waals surface area contributed by atoms with E-state index in [0.717, 1.165) is 24.8 Å². The quantitative estimate of drug-likeness (QED) is 0.262. The molecule has 5 nitrogen and oxygen atoms in total. The summed E-state index contributed by atoms with van der Waals surface area (Å²) < 4.78 is 6.15. The lowest BCUT2D eigenvalue weighted by molar-refractivity contribution is -0.166. The number of fused-ring (bicyclic) bond motifs is 4. The van der Waals surface area contributed by atoms with Crippen molar-refractivity contribution in [1.29, 1.82) is 0 Å². The lowest BCUT2D eigenvalue weighted by Crippen LogP contribution is -2.54. The summed E-state index contributed by atoms with van der Waals surface area (Å²) in [6.07, 6.45) is 15.0. The molecule has 0 amide bonds. The fourth-order valence-electron chi connectivity index (χ4n) is 8.71. The molecule has 1 saturated carbocycles. The molecule has 10 atom stereocenters. The van der Waals surface area contributed by atoms with E-state index in [1.165, 1.54) is 0 Å². The second-order valence-corrected chi connectivity index (χ2v) is 13.4. The summed E-state index contributed by atoms with van der Waals surface area (Å²) in [5.41, 5.74) is -1.89. The van der Waals surface area contributed by atoms with Gasteiger partial charge in [-0.1, -0.05) is 70.1 Å². The van der Waals surface area contributed by atoms with Gasteiger partial charge in [0, 0.05) is 17.3 Å². The molecule has 5 rings (SSSR count). The Hall–Kier alpha value is -2.14. The number of aliphatic hydroxyl groups is 2. The number of ketones is 1. The molecule has 2 bridgehead atoms. The van der Waals surface area contributed by atoms with Crippen molar-refractivity contribution in [3.63, 3.8) is 0 Å². The Morgan fingerprint density at radius 1 is 1.14 bits per heavy atom. The Balaban J connectivity index is 1.71. The average Bonchev–Trinajstić information content (AvgIpc) is 3.06. The number of Topliss-reactive ketones (excluding diaryl/α,β-unsaturated/α-hetero) is 1. The molecule has 0 aromatic rings. The van der Waals surface area contributed by atoms with E-state index in [4.69, 9.17) is 4.74 Å². The fourth-order valence-corrected chi connectivity index (χ4v) is 8.71. The van der Waals surface area contributed by atoms with Gasteiger partial charge in [-0.2, -0.15) is 0 Å². The zero-order valence-electron chi connectivity index (χ0n) is 23.3. The van der Waals surface area contributed by atoms with Gasteiger partial charge in [0.15, 0.2) is 5.60 Å². The standard InChI is InChI=1S/C32H44O5/c1-18-9-11-25-22(14-18)10-12-24-19(2)8-7-13-30(5)16-20(3)23(15-21(4)33)17-32(30)28(35)26(29(36)37-32)27(34)31(24,25)6/h7-8,10,12,16,18-19,21-25,33-34H,9,11,13-15,17H2,1-6H3/b8-7-,27-26+/t18-,19+,21+,22+,23+,24-,25+,30+,31+,32+/m0/s1. The summed E-state index contributed by atoms with van der Waals surface area (Å²) in [4.78, 5) is 28.1. The molecule has 1 aliphatic heterocycles. The molecule has 1 saturated heterocycles. The van der Waals surface area contributed by atoms with Crippen molar-refractivity contribution >= 4 is 11.8 Å². The van der Waals surface area contributed by atoms with E-state index in [9.17, 15) is 19.8 Å². The van der Waals surface area contributed by atoms with Gasteiger partial charge in [0.25, 0.3) is 0 Å². The van der Waals surface area contributed by atoms with Crippen molar-refractivity contribution in [3.05, 3.63) is 47.3 Å². The zero-order chi connectivity index (χ0) is 26.9. The van der Waals surface area contributed by atoms with Crippen LogP contribution >= 0.6 is 0 Å². The summed E-state index contributed by atoms with van der Waals surface area (Å²) in [5.74, 6) is -0.0319. The molecular formula is C32H44O5. The Morgan fingerprint density at radius 3 is 2.57 bits per heavy atom. The predicted molar refractivity (Wildman–Crippen MR) is 143 cm³/mol. The minimum atomic E-state index is -1.39. The van der Waals surface area contributed by atoms with Gasteiger partial charge in [-0.15, -0.1) is 0 Å². The molecule has 2 N–H and O–H groups in total. The van der Waals surface area contributed by atoms with E-state index in [0.29, 0.717) is 31.1 Å². The third-order valence-electron chi connectivity index (χ3n) is 10.8. The zero-order valence-corrected chi connectivity index (χ0v) is 23.3. The molecule has 5 aliphatic rings. The molecular weight excluding hydrogens is 464 g/mol. The van der Waals surface area contributed by atoms with Crippen LogP contribution in [0.1, 0.15) is 80.1 Å².